The first-order valence-corrected chi connectivity index (χ1v) is 7.84. The van der Waals surface area contributed by atoms with Crippen molar-refractivity contribution in [2.75, 3.05) is 5.32 Å². The van der Waals surface area contributed by atoms with E-state index in [0.29, 0.717) is 5.56 Å². The number of aromatic nitrogens is 2. The van der Waals surface area contributed by atoms with Gasteiger partial charge >= 0.3 is 6.36 Å². The fourth-order valence-electron chi connectivity index (χ4n) is 2.27. The van der Waals surface area contributed by atoms with E-state index < -0.39 is 18.0 Å². The van der Waals surface area contributed by atoms with E-state index in [-0.39, 0.29) is 5.69 Å². The number of alkyl halides is 3. The van der Waals surface area contributed by atoms with Crippen LogP contribution in [-0.4, -0.2) is 22.1 Å². The summed E-state index contributed by atoms with van der Waals surface area (Å²) in [6, 6.07) is 14.5. The average Bonchev–Trinajstić information content (AvgIpc) is 3.09. The fourth-order valence-corrected chi connectivity index (χ4v) is 2.27. The summed E-state index contributed by atoms with van der Waals surface area (Å²) in [5.41, 5.74) is 1.76. The third-order valence-corrected chi connectivity index (χ3v) is 3.39. The van der Waals surface area contributed by atoms with Crippen LogP contribution in [0.1, 0.15) is 5.56 Å². The van der Waals surface area contributed by atoms with Crippen molar-refractivity contribution in [1.82, 2.24) is 9.78 Å². The summed E-state index contributed by atoms with van der Waals surface area (Å²) in [4.78, 5) is 12.0. The van der Waals surface area contributed by atoms with Gasteiger partial charge in [-0.3, -0.25) is 4.79 Å². The van der Waals surface area contributed by atoms with Crippen LogP contribution in [-0.2, 0) is 4.79 Å². The van der Waals surface area contributed by atoms with Crippen molar-refractivity contribution in [3.63, 3.8) is 0 Å². The number of carbonyl (C=O) groups is 1. The first-order valence-electron chi connectivity index (χ1n) is 7.84. The largest absolute Gasteiger partial charge is 0.573 e. The predicted molar refractivity (Wildman–Crippen MR) is 94.4 cm³/mol. The smallest absolute Gasteiger partial charge is 0.406 e. The van der Waals surface area contributed by atoms with Gasteiger partial charge in [0.1, 0.15) is 5.75 Å². The Bertz CT molecular complexity index is 950. The number of benzene rings is 2. The topological polar surface area (TPSA) is 56.2 Å². The van der Waals surface area contributed by atoms with E-state index in [0.717, 1.165) is 17.8 Å². The molecule has 1 aromatic heterocycles. The number of hydrogen-bond donors (Lipinski definition) is 1. The standard InChI is InChI=1S/C19H14F3N3O2/c20-19(21,22)27-17-8-4-5-15(11-17)24-18(26)10-9-14-12-23-25(13-14)16-6-2-1-3-7-16/h1-13H,(H,24,26)/b10-9+. The van der Waals surface area contributed by atoms with Gasteiger partial charge in [0.05, 0.1) is 11.9 Å². The Labute approximate surface area is 152 Å². The van der Waals surface area contributed by atoms with Crippen molar-refractivity contribution in [2.45, 2.75) is 6.36 Å². The lowest BCUT2D eigenvalue weighted by molar-refractivity contribution is -0.274. The number of hydrogen-bond acceptors (Lipinski definition) is 3. The van der Waals surface area contributed by atoms with E-state index in [1.54, 1.807) is 23.2 Å². The monoisotopic (exact) mass is 373 g/mol. The first kappa shape index (κ1) is 18.2. The molecule has 1 N–H and O–H groups in total. The van der Waals surface area contributed by atoms with Gasteiger partial charge in [0.2, 0.25) is 5.91 Å². The number of rotatable bonds is 5. The fraction of sp³-hybridized carbons (Fsp3) is 0.0526. The molecule has 0 spiro atoms. The summed E-state index contributed by atoms with van der Waals surface area (Å²) in [5, 5.41) is 6.68. The van der Waals surface area contributed by atoms with Crippen LogP contribution in [0.15, 0.2) is 73.1 Å². The van der Waals surface area contributed by atoms with Gasteiger partial charge < -0.3 is 10.1 Å². The van der Waals surface area contributed by atoms with E-state index in [9.17, 15) is 18.0 Å². The summed E-state index contributed by atoms with van der Waals surface area (Å²) >= 11 is 0. The Balaban J connectivity index is 1.63. The maximum Gasteiger partial charge on any atom is 0.573 e. The second-order valence-corrected chi connectivity index (χ2v) is 5.45. The van der Waals surface area contributed by atoms with Crippen LogP contribution in [0.3, 0.4) is 0 Å². The van der Waals surface area contributed by atoms with Crippen molar-refractivity contribution in [3.8, 4) is 11.4 Å². The highest BCUT2D eigenvalue weighted by molar-refractivity contribution is 6.01. The number of nitrogens with one attached hydrogen (secondary N) is 1. The number of nitrogens with zero attached hydrogens (tertiary/aromatic N) is 2. The van der Waals surface area contributed by atoms with Crippen LogP contribution in [0.25, 0.3) is 11.8 Å². The molecule has 3 rings (SSSR count). The van der Waals surface area contributed by atoms with Gasteiger partial charge in [-0.1, -0.05) is 24.3 Å². The molecule has 27 heavy (non-hydrogen) atoms. The van der Waals surface area contributed by atoms with Crippen molar-refractivity contribution >= 4 is 17.7 Å². The number of ether oxygens (including phenoxy) is 1. The van der Waals surface area contributed by atoms with E-state index in [1.165, 1.54) is 18.2 Å². The first-order chi connectivity index (χ1) is 12.9. The third-order valence-electron chi connectivity index (χ3n) is 3.39. The Morgan fingerprint density at radius 1 is 1.11 bits per heavy atom. The molecule has 0 radical (unpaired) electrons. The van der Waals surface area contributed by atoms with Gasteiger partial charge in [-0.15, -0.1) is 13.2 Å². The SMILES string of the molecule is O=C(/C=C/c1cnn(-c2ccccc2)c1)Nc1cccc(OC(F)(F)F)c1. The Hall–Kier alpha value is -3.55. The van der Waals surface area contributed by atoms with Gasteiger partial charge in [0.25, 0.3) is 0 Å². The van der Waals surface area contributed by atoms with Crippen LogP contribution < -0.4 is 10.1 Å². The minimum Gasteiger partial charge on any atom is -0.406 e. The van der Waals surface area contributed by atoms with Crippen LogP contribution in [0, 0.1) is 0 Å². The Morgan fingerprint density at radius 2 is 1.89 bits per heavy atom. The normalized spacial score (nSPS) is 11.5. The lowest BCUT2D eigenvalue weighted by atomic mass is 10.3. The lowest BCUT2D eigenvalue weighted by Gasteiger charge is -2.10. The molecule has 3 aromatic rings. The van der Waals surface area contributed by atoms with Crippen molar-refractivity contribution in [2.24, 2.45) is 0 Å². The zero-order valence-electron chi connectivity index (χ0n) is 13.9. The summed E-state index contributed by atoms with van der Waals surface area (Å²) in [5.74, 6) is -0.903. The molecule has 138 valence electrons. The second kappa shape index (κ2) is 7.77. The van der Waals surface area contributed by atoms with E-state index >= 15 is 0 Å². The van der Waals surface area contributed by atoms with E-state index in [4.69, 9.17) is 0 Å². The van der Waals surface area contributed by atoms with Crippen LogP contribution in [0.4, 0.5) is 18.9 Å². The highest BCUT2D eigenvalue weighted by atomic mass is 19.4. The van der Waals surface area contributed by atoms with E-state index in [2.05, 4.69) is 15.2 Å². The summed E-state index contributed by atoms with van der Waals surface area (Å²) in [6.07, 6.45) is 1.37. The van der Waals surface area contributed by atoms with E-state index in [1.807, 2.05) is 30.3 Å². The molecule has 1 heterocycles. The second-order valence-electron chi connectivity index (χ2n) is 5.45. The third kappa shape index (κ3) is 5.46. The average molecular weight is 373 g/mol. The summed E-state index contributed by atoms with van der Waals surface area (Å²) < 4.78 is 42.2. The van der Waals surface area contributed by atoms with Crippen LogP contribution >= 0.6 is 0 Å². The Morgan fingerprint density at radius 3 is 2.63 bits per heavy atom. The molecule has 0 aliphatic heterocycles. The molecule has 8 heteroatoms. The molecule has 0 unspecified atom stereocenters. The van der Waals surface area contributed by atoms with Gasteiger partial charge in [0, 0.05) is 29.6 Å². The predicted octanol–water partition coefficient (Wildman–Crippen LogP) is 4.42. The molecule has 0 saturated heterocycles. The molecular weight excluding hydrogens is 359 g/mol. The maximum atomic E-state index is 12.2. The zero-order valence-corrected chi connectivity index (χ0v) is 13.9. The molecule has 0 aliphatic rings. The number of carbonyl (C=O) groups excluding carboxylic acids is 1. The molecule has 0 bridgehead atoms. The van der Waals surface area contributed by atoms with Gasteiger partial charge in [-0.25, -0.2) is 4.68 Å². The highest BCUT2D eigenvalue weighted by Crippen LogP contribution is 2.25. The van der Waals surface area contributed by atoms with Gasteiger partial charge in [0.15, 0.2) is 0 Å². The number of halogens is 3. The minimum atomic E-state index is -4.79. The quantitative estimate of drug-likeness (QED) is 0.674. The molecule has 5 nitrogen and oxygen atoms in total. The zero-order chi connectivity index (χ0) is 19.3. The van der Waals surface area contributed by atoms with Crippen LogP contribution in [0.2, 0.25) is 0 Å². The molecule has 0 saturated carbocycles. The maximum absolute atomic E-state index is 12.2. The van der Waals surface area contributed by atoms with Crippen molar-refractivity contribution < 1.29 is 22.7 Å². The lowest BCUT2D eigenvalue weighted by Crippen LogP contribution is -2.17. The number of amides is 1. The molecular formula is C19H14F3N3O2. The van der Waals surface area contributed by atoms with Gasteiger partial charge in [-0.05, 0) is 30.3 Å². The van der Waals surface area contributed by atoms with Crippen molar-refractivity contribution in [3.05, 3.63) is 78.6 Å². The van der Waals surface area contributed by atoms with Crippen molar-refractivity contribution in [1.29, 1.82) is 0 Å². The highest BCUT2D eigenvalue weighted by Gasteiger charge is 2.31. The summed E-state index contributed by atoms with van der Waals surface area (Å²) in [6.45, 7) is 0. The summed E-state index contributed by atoms with van der Waals surface area (Å²) in [7, 11) is 0. The molecule has 2 aromatic carbocycles. The van der Waals surface area contributed by atoms with Crippen LogP contribution in [0.5, 0.6) is 5.75 Å². The molecule has 0 aliphatic carbocycles. The molecule has 1 amide bonds. The minimum absolute atomic E-state index is 0.186. The number of para-hydroxylation sites is 1. The Kier molecular flexibility index (Phi) is 5.25. The van der Waals surface area contributed by atoms with Gasteiger partial charge in [-0.2, -0.15) is 5.10 Å². The molecule has 0 atom stereocenters. The molecule has 0 fully saturated rings. The number of anilines is 1.